The lowest BCUT2D eigenvalue weighted by molar-refractivity contribution is -0.118. The molecular weight excluding hydrogens is 202 g/mol. The van der Waals surface area contributed by atoms with Crippen molar-refractivity contribution in [2.45, 2.75) is 0 Å². The Morgan fingerprint density at radius 2 is 2.00 bits per heavy atom. The normalized spacial score (nSPS) is 9.67. The molecule has 0 aliphatic carbocycles. The molecule has 0 bridgehead atoms. The molecule has 6 heteroatoms. The van der Waals surface area contributed by atoms with Crippen LogP contribution < -0.4 is 5.32 Å². The predicted molar refractivity (Wildman–Crippen MR) is 50.8 cm³/mol. The van der Waals surface area contributed by atoms with E-state index in [-0.39, 0.29) is 17.0 Å². The number of amides is 1. The van der Waals surface area contributed by atoms with Crippen LogP contribution in [0.1, 0.15) is 10.4 Å². The lowest BCUT2D eigenvalue weighted by Gasteiger charge is -2.07. The molecule has 1 aromatic carbocycles. The first-order chi connectivity index (χ1) is 7.04. The van der Waals surface area contributed by atoms with Crippen LogP contribution >= 0.6 is 0 Å². The summed E-state index contributed by atoms with van der Waals surface area (Å²) in [6, 6.07) is 3.49. The number of nitrogens with one attached hydrogen (secondary N) is 1. The second-order valence-electron chi connectivity index (χ2n) is 2.74. The van der Waals surface area contributed by atoms with Gasteiger partial charge >= 0.3 is 5.97 Å². The second-order valence-corrected chi connectivity index (χ2v) is 2.74. The van der Waals surface area contributed by atoms with Crippen LogP contribution in [0.25, 0.3) is 0 Å². The smallest absolute Gasteiger partial charge is 0.337 e. The van der Waals surface area contributed by atoms with Crippen molar-refractivity contribution >= 4 is 17.6 Å². The molecule has 0 saturated carbocycles. The quantitative estimate of drug-likeness (QED) is 0.527. The number of carbonyl (C=O) groups is 2. The molecule has 0 atom stereocenters. The number of hydrogen-bond acceptors (Lipinski definition) is 4. The summed E-state index contributed by atoms with van der Waals surface area (Å²) in [6.45, 7) is -0.736. The van der Waals surface area contributed by atoms with Crippen LogP contribution in [0.5, 0.6) is 5.75 Å². The predicted octanol–water partition coefficient (Wildman–Crippen LogP) is 0.0212. The third kappa shape index (κ3) is 2.68. The Bertz CT molecular complexity index is 401. The summed E-state index contributed by atoms with van der Waals surface area (Å²) in [6.07, 6.45) is 0. The topological polar surface area (TPSA) is 107 Å². The van der Waals surface area contributed by atoms with Crippen LogP contribution in [0.2, 0.25) is 0 Å². The Hall–Kier alpha value is -2.08. The van der Waals surface area contributed by atoms with Crippen molar-refractivity contribution in [2.24, 2.45) is 0 Å². The number of rotatable bonds is 3. The van der Waals surface area contributed by atoms with Crippen molar-refractivity contribution in [1.29, 1.82) is 0 Å². The molecule has 0 saturated heterocycles. The van der Waals surface area contributed by atoms with Gasteiger partial charge in [-0.25, -0.2) is 4.79 Å². The number of aliphatic hydroxyl groups excluding tert-OH is 1. The van der Waals surface area contributed by atoms with E-state index in [0.29, 0.717) is 0 Å². The zero-order chi connectivity index (χ0) is 11.4. The molecule has 0 spiro atoms. The van der Waals surface area contributed by atoms with Gasteiger partial charge in [0.25, 0.3) is 0 Å². The summed E-state index contributed by atoms with van der Waals surface area (Å²) >= 11 is 0. The molecule has 0 radical (unpaired) electrons. The molecule has 4 N–H and O–H groups in total. The molecule has 0 fully saturated rings. The number of benzene rings is 1. The van der Waals surface area contributed by atoms with Gasteiger partial charge in [0.15, 0.2) is 0 Å². The molecule has 0 aliphatic rings. The van der Waals surface area contributed by atoms with Gasteiger partial charge in [0.1, 0.15) is 12.4 Å². The van der Waals surface area contributed by atoms with Gasteiger partial charge in [-0.15, -0.1) is 0 Å². The van der Waals surface area contributed by atoms with Gasteiger partial charge in [0.2, 0.25) is 5.91 Å². The number of aliphatic hydroxyl groups is 1. The van der Waals surface area contributed by atoms with Gasteiger partial charge < -0.3 is 20.6 Å². The summed E-state index contributed by atoms with van der Waals surface area (Å²) < 4.78 is 0. The molecule has 0 aliphatic heterocycles. The SMILES string of the molecule is O=C(CO)Nc1ccc(O)cc1C(=O)O. The summed E-state index contributed by atoms with van der Waals surface area (Å²) in [5.74, 6) is -2.21. The van der Waals surface area contributed by atoms with Crippen LogP contribution in [0.15, 0.2) is 18.2 Å². The van der Waals surface area contributed by atoms with Gasteiger partial charge in [0.05, 0.1) is 11.3 Å². The first-order valence-electron chi connectivity index (χ1n) is 4.01. The first kappa shape index (κ1) is 11.0. The Balaban J connectivity index is 3.06. The van der Waals surface area contributed by atoms with Crippen molar-refractivity contribution < 1.29 is 24.9 Å². The van der Waals surface area contributed by atoms with Gasteiger partial charge in [-0.1, -0.05) is 0 Å². The Labute approximate surface area is 84.8 Å². The van der Waals surface area contributed by atoms with E-state index >= 15 is 0 Å². The van der Waals surface area contributed by atoms with Gasteiger partial charge in [-0.2, -0.15) is 0 Å². The average Bonchev–Trinajstić information content (AvgIpc) is 2.20. The van der Waals surface area contributed by atoms with E-state index in [2.05, 4.69) is 5.32 Å². The fourth-order valence-corrected chi connectivity index (χ4v) is 1.01. The van der Waals surface area contributed by atoms with Gasteiger partial charge in [-0.05, 0) is 18.2 Å². The lowest BCUT2D eigenvalue weighted by atomic mass is 10.1. The highest BCUT2D eigenvalue weighted by Gasteiger charge is 2.12. The maximum atomic E-state index is 10.8. The molecule has 0 unspecified atom stereocenters. The number of carboxylic acids is 1. The molecular formula is C9H9NO5. The highest BCUT2D eigenvalue weighted by molar-refractivity contribution is 6.01. The molecule has 1 amide bonds. The first-order valence-corrected chi connectivity index (χ1v) is 4.01. The van der Waals surface area contributed by atoms with Crippen LogP contribution in [0.4, 0.5) is 5.69 Å². The number of hydrogen-bond donors (Lipinski definition) is 4. The number of anilines is 1. The summed E-state index contributed by atoms with van der Waals surface area (Å²) in [4.78, 5) is 21.5. The minimum Gasteiger partial charge on any atom is -0.508 e. The van der Waals surface area contributed by atoms with E-state index in [4.69, 9.17) is 15.3 Å². The maximum Gasteiger partial charge on any atom is 0.337 e. The summed E-state index contributed by atoms with van der Waals surface area (Å²) in [7, 11) is 0. The summed E-state index contributed by atoms with van der Waals surface area (Å²) in [5, 5.41) is 28.5. The van der Waals surface area contributed by atoms with Crippen molar-refractivity contribution in [3.05, 3.63) is 23.8 Å². The number of phenols is 1. The molecule has 1 rings (SSSR count). The van der Waals surface area contributed by atoms with Crippen LogP contribution in [0, 0.1) is 0 Å². The van der Waals surface area contributed by atoms with Crippen molar-refractivity contribution in [3.8, 4) is 5.75 Å². The largest absolute Gasteiger partial charge is 0.508 e. The fourth-order valence-electron chi connectivity index (χ4n) is 1.01. The van der Waals surface area contributed by atoms with Crippen LogP contribution in [-0.4, -0.2) is 33.8 Å². The number of aromatic carboxylic acids is 1. The van der Waals surface area contributed by atoms with E-state index in [0.717, 1.165) is 6.07 Å². The second kappa shape index (κ2) is 4.43. The molecule has 80 valence electrons. The van der Waals surface area contributed by atoms with E-state index < -0.39 is 18.5 Å². The zero-order valence-corrected chi connectivity index (χ0v) is 7.60. The molecule has 15 heavy (non-hydrogen) atoms. The average molecular weight is 211 g/mol. The molecule has 0 heterocycles. The lowest BCUT2D eigenvalue weighted by Crippen LogP contribution is -2.17. The zero-order valence-electron chi connectivity index (χ0n) is 7.60. The fraction of sp³-hybridized carbons (Fsp3) is 0.111. The number of phenolic OH excluding ortho intramolecular Hbond substituents is 1. The number of aromatic hydroxyl groups is 1. The third-order valence-corrected chi connectivity index (χ3v) is 1.65. The number of carboxylic acid groups (broad SMARTS) is 1. The standard InChI is InChI=1S/C9H9NO5/c11-4-8(13)10-7-2-1-5(12)3-6(7)9(14)15/h1-3,11-12H,4H2,(H,10,13)(H,14,15). The van der Waals surface area contributed by atoms with Crippen molar-refractivity contribution in [2.75, 3.05) is 11.9 Å². The van der Waals surface area contributed by atoms with Gasteiger partial charge in [-0.3, -0.25) is 4.79 Å². The van der Waals surface area contributed by atoms with Gasteiger partial charge in [0, 0.05) is 0 Å². The molecule has 6 nitrogen and oxygen atoms in total. The highest BCUT2D eigenvalue weighted by atomic mass is 16.4. The van der Waals surface area contributed by atoms with Crippen LogP contribution in [-0.2, 0) is 4.79 Å². The van der Waals surface area contributed by atoms with E-state index in [9.17, 15) is 9.59 Å². The third-order valence-electron chi connectivity index (χ3n) is 1.65. The molecule has 0 aromatic heterocycles. The Morgan fingerprint density at radius 1 is 1.33 bits per heavy atom. The van der Waals surface area contributed by atoms with Crippen molar-refractivity contribution in [1.82, 2.24) is 0 Å². The summed E-state index contributed by atoms with van der Waals surface area (Å²) in [5.41, 5.74) is -0.212. The minimum atomic E-state index is -1.28. The van der Waals surface area contributed by atoms with Crippen molar-refractivity contribution in [3.63, 3.8) is 0 Å². The van der Waals surface area contributed by atoms with E-state index in [1.165, 1.54) is 12.1 Å². The molecule has 1 aromatic rings. The van der Waals surface area contributed by atoms with E-state index in [1.807, 2.05) is 0 Å². The van der Waals surface area contributed by atoms with E-state index in [1.54, 1.807) is 0 Å². The maximum absolute atomic E-state index is 10.8. The minimum absolute atomic E-state index is 0.0272. The Morgan fingerprint density at radius 3 is 2.53 bits per heavy atom. The monoisotopic (exact) mass is 211 g/mol. The highest BCUT2D eigenvalue weighted by Crippen LogP contribution is 2.21. The van der Waals surface area contributed by atoms with Crippen LogP contribution in [0.3, 0.4) is 0 Å². The Kier molecular flexibility index (Phi) is 3.25. The number of carbonyl (C=O) groups excluding carboxylic acids is 1.